The summed E-state index contributed by atoms with van der Waals surface area (Å²) < 4.78 is 39.5. The Morgan fingerprint density at radius 1 is 1.09 bits per heavy atom. The van der Waals surface area contributed by atoms with E-state index in [4.69, 9.17) is 9.15 Å². The molecule has 186 valence electrons. The molecular formula is C27H33N3O4S. The van der Waals surface area contributed by atoms with E-state index in [2.05, 4.69) is 41.8 Å². The van der Waals surface area contributed by atoms with Gasteiger partial charge < -0.3 is 9.15 Å². The second kappa shape index (κ2) is 10.7. The number of aromatic nitrogens is 2. The highest BCUT2D eigenvalue weighted by atomic mass is 32.2. The van der Waals surface area contributed by atoms with Crippen molar-refractivity contribution >= 4 is 10.0 Å². The van der Waals surface area contributed by atoms with Gasteiger partial charge in [-0.1, -0.05) is 43.7 Å². The Morgan fingerprint density at radius 3 is 2.46 bits per heavy atom. The molecule has 0 fully saturated rings. The van der Waals surface area contributed by atoms with Crippen molar-refractivity contribution in [2.24, 2.45) is 23.7 Å². The lowest BCUT2D eigenvalue weighted by atomic mass is 9.70. The number of allylic oxidation sites excluding steroid dienone is 1. The SMILES string of the molecule is COc1ccc(-c2nnc(CC3CC(C(C)C)C(CNS(=O)(=O)c4ccccc4)C=C3C)o2)cc1. The lowest BCUT2D eigenvalue weighted by Crippen LogP contribution is -2.37. The Kier molecular flexibility index (Phi) is 7.72. The maximum absolute atomic E-state index is 12.7. The molecule has 35 heavy (non-hydrogen) atoms. The minimum atomic E-state index is -3.54. The van der Waals surface area contributed by atoms with Crippen LogP contribution < -0.4 is 9.46 Å². The van der Waals surface area contributed by atoms with Crippen LogP contribution in [0.3, 0.4) is 0 Å². The molecule has 1 aliphatic rings. The smallest absolute Gasteiger partial charge is 0.247 e. The minimum absolute atomic E-state index is 0.127. The van der Waals surface area contributed by atoms with Gasteiger partial charge in [-0.05, 0) is 73.4 Å². The predicted molar refractivity (Wildman–Crippen MR) is 135 cm³/mol. The van der Waals surface area contributed by atoms with Crippen molar-refractivity contribution in [3.8, 4) is 17.2 Å². The molecule has 0 aliphatic heterocycles. The lowest BCUT2D eigenvalue weighted by molar-refractivity contribution is 0.223. The summed E-state index contributed by atoms with van der Waals surface area (Å²) in [6.07, 6.45) is 3.84. The number of methoxy groups -OCH3 is 1. The highest BCUT2D eigenvalue weighted by Crippen LogP contribution is 2.39. The summed E-state index contributed by atoms with van der Waals surface area (Å²) in [5.41, 5.74) is 2.08. The van der Waals surface area contributed by atoms with Crippen LogP contribution in [0.5, 0.6) is 5.75 Å². The average Bonchev–Trinajstić information content (AvgIpc) is 3.33. The van der Waals surface area contributed by atoms with E-state index < -0.39 is 10.0 Å². The number of hydrogen-bond donors (Lipinski definition) is 1. The molecule has 0 saturated carbocycles. The Bertz CT molecular complexity index is 1250. The number of ether oxygens (including phenoxy) is 1. The summed E-state index contributed by atoms with van der Waals surface area (Å²) in [7, 11) is -1.90. The van der Waals surface area contributed by atoms with Crippen LogP contribution in [0.1, 0.15) is 33.1 Å². The van der Waals surface area contributed by atoms with Crippen LogP contribution >= 0.6 is 0 Å². The fraction of sp³-hybridized carbons (Fsp3) is 0.407. The molecule has 1 heterocycles. The average molecular weight is 496 g/mol. The monoisotopic (exact) mass is 495 g/mol. The maximum atomic E-state index is 12.7. The van der Waals surface area contributed by atoms with Crippen molar-refractivity contribution in [1.29, 1.82) is 0 Å². The van der Waals surface area contributed by atoms with Crippen molar-refractivity contribution in [3.05, 3.63) is 72.1 Å². The van der Waals surface area contributed by atoms with E-state index in [0.29, 0.717) is 41.5 Å². The molecule has 3 unspecified atom stereocenters. The first-order valence-corrected chi connectivity index (χ1v) is 13.4. The minimum Gasteiger partial charge on any atom is -0.497 e. The molecule has 2 aromatic carbocycles. The Morgan fingerprint density at radius 2 is 1.80 bits per heavy atom. The first-order valence-electron chi connectivity index (χ1n) is 12.0. The van der Waals surface area contributed by atoms with Crippen molar-refractivity contribution in [3.63, 3.8) is 0 Å². The van der Waals surface area contributed by atoms with Gasteiger partial charge in [0.1, 0.15) is 5.75 Å². The summed E-state index contributed by atoms with van der Waals surface area (Å²) in [6.45, 7) is 6.89. The van der Waals surface area contributed by atoms with Crippen LogP contribution in [0.2, 0.25) is 0 Å². The van der Waals surface area contributed by atoms with E-state index in [9.17, 15) is 8.42 Å². The Labute approximate surface area is 207 Å². The second-order valence-electron chi connectivity index (χ2n) is 9.51. The van der Waals surface area contributed by atoms with Crippen LogP contribution in [0.4, 0.5) is 0 Å². The normalized spacial score (nSPS) is 20.6. The van der Waals surface area contributed by atoms with E-state index in [1.54, 1.807) is 31.4 Å². The number of rotatable bonds is 9. The topological polar surface area (TPSA) is 94.3 Å². The third kappa shape index (κ3) is 6.00. The van der Waals surface area contributed by atoms with Gasteiger partial charge in [-0.2, -0.15) is 0 Å². The molecule has 1 aromatic heterocycles. The molecular weight excluding hydrogens is 462 g/mol. The molecule has 0 saturated heterocycles. The van der Waals surface area contributed by atoms with Gasteiger partial charge in [0, 0.05) is 18.5 Å². The Balaban J connectivity index is 1.45. The van der Waals surface area contributed by atoms with E-state index in [-0.39, 0.29) is 11.8 Å². The molecule has 4 rings (SSSR count). The van der Waals surface area contributed by atoms with Crippen LogP contribution in [0, 0.1) is 23.7 Å². The van der Waals surface area contributed by atoms with Gasteiger partial charge in [0.2, 0.25) is 21.8 Å². The third-order valence-electron chi connectivity index (χ3n) is 6.87. The molecule has 0 amide bonds. The predicted octanol–water partition coefficient (Wildman–Crippen LogP) is 5.12. The van der Waals surface area contributed by atoms with E-state index in [0.717, 1.165) is 17.7 Å². The largest absolute Gasteiger partial charge is 0.497 e. The van der Waals surface area contributed by atoms with Gasteiger partial charge in [-0.25, -0.2) is 13.1 Å². The zero-order valence-corrected chi connectivity index (χ0v) is 21.5. The molecule has 0 spiro atoms. The van der Waals surface area contributed by atoms with Gasteiger partial charge >= 0.3 is 0 Å². The molecule has 0 radical (unpaired) electrons. The molecule has 8 heteroatoms. The Hall–Kier alpha value is -2.97. The molecule has 7 nitrogen and oxygen atoms in total. The number of benzene rings is 2. The van der Waals surface area contributed by atoms with E-state index in [1.807, 2.05) is 30.3 Å². The summed E-state index contributed by atoms with van der Waals surface area (Å²) >= 11 is 0. The van der Waals surface area contributed by atoms with Gasteiger partial charge in [0.15, 0.2) is 0 Å². The first-order chi connectivity index (χ1) is 16.8. The first kappa shape index (κ1) is 25.1. The number of nitrogens with one attached hydrogen (secondary N) is 1. The van der Waals surface area contributed by atoms with Gasteiger partial charge in [0.05, 0.1) is 12.0 Å². The summed E-state index contributed by atoms with van der Waals surface area (Å²) in [5.74, 6) is 3.03. The van der Waals surface area contributed by atoms with Crippen LogP contribution in [-0.4, -0.2) is 32.3 Å². The van der Waals surface area contributed by atoms with Crippen molar-refractivity contribution in [1.82, 2.24) is 14.9 Å². The quantitative estimate of drug-likeness (QED) is 0.414. The second-order valence-corrected chi connectivity index (χ2v) is 11.3. The van der Waals surface area contributed by atoms with Gasteiger partial charge in [0.25, 0.3) is 0 Å². The summed E-state index contributed by atoms with van der Waals surface area (Å²) in [4.78, 5) is 0.291. The van der Waals surface area contributed by atoms with Crippen LogP contribution in [-0.2, 0) is 16.4 Å². The van der Waals surface area contributed by atoms with Gasteiger partial charge in [-0.3, -0.25) is 0 Å². The number of hydrogen-bond acceptors (Lipinski definition) is 6. The maximum Gasteiger partial charge on any atom is 0.247 e. The van der Waals surface area contributed by atoms with Crippen molar-refractivity contribution < 1.29 is 17.6 Å². The number of sulfonamides is 1. The standard InChI is InChI=1S/C27H33N3O4S/c1-18(2)25-15-21(16-26-29-30-27(34-26)20-10-12-23(33-4)13-11-20)19(3)14-22(25)17-28-35(31,32)24-8-6-5-7-9-24/h5-14,18,21-22,25,28H,15-17H2,1-4H3. The van der Waals surface area contributed by atoms with Crippen LogP contribution in [0.15, 0.2) is 75.6 Å². The van der Waals surface area contributed by atoms with Crippen molar-refractivity contribution in [2.75, 3.05) is 13.7 Å². The van der Waals surface area contributed by atoms with E-state index >= 15 is 0 Å². The zero-order chi connectivity index (χ0) is 25.0. The van der Waals surface area contributed by atoms with Gasteiger partial charge in [-0.15, -0.1) is 10.2 Å². The summed E-state index contributed by atoms with van der Waals surface area (Å²) in [6, 6.07) is 16.0. The molecule has 3 atom stereocenters. The fourth-order valence-electron chi connectivity index (χ4n) is 4.79. The molecule has 1 aliphatic carbocycles. The molecule has 0 bridgehead atoms. The van der Waals surface area contributed by atoms with E-state index in [1.165, 1.54) is 5.57 Å². The van der Waals surface area contributed by atoms with Crippen LogP contribution in [0.25, 0.3) is 11.5 Å². The lowest BCUT2D eigenvalue weighted by Gasteiger charge is -2.37. The zero-order valence-electron chi connectivity index (χ0n) is 20.6. The van der Waals surface area contributed by atoms with Crippen molar-refractivity contribution in [2.45, 2.75) is 38.5 Å². The highest BCUT2D eigenvalue weighted by Gasteiger charge is 2.33. The number of nitrogens with zero attached hydrogens (tertiary/aromatic N) is 2. The summed E-state index contributed by atoms with van der Waals surface area (Å²) in [5, 5.41) is 8.52. The highest BCUT2D eigenvalue weighted by molar-refractivity contribution is 7.89. The molecule has 3 aromatic rings. The third-order valence-corrected chi connectivity index (χ3v) is 8.31. The fourth-order valence-corrected chi connectivity index (χ4v) is 5.89. The molecule has 1 N–H and O–H groups in total.